The number of nitrogens with zero attached hydrogens (tertiary/aromatic N) is 2. The fraction of sp³-hybridized carbons (Fsp3) is 0.125. The minimum atomic E-state index is -0.0774. The molecule has 0 radical (unpaired) electrons. The summed E-state index contributed by atoms with van der Waals surface area (Å²) in [6, 6.07) is 11.1. The van der Waals surface area contributed by atoms with Crippen LogP contribution in [0.25, 0.3) is 10.9 Å². The van der Waals surface area contributed by atoms with E-state index in [0.717, 1.165) is 16.5 Å². The van der Waals surface area contributed by atoms with Gasteiger partial charge in [0.15, 0.2) is 0 Å². The van der Waals surface area contributed by atoms with Crippen LogP contribution in [0.4, 0.5) is 0 Å². The Bertz CT molecular complexity index is 760. The fourth-order valence-corrected chi connectivity index (χ4v) is 2.28. The van der Waals surface area contributed by atoms with Crippen LogP contribution >= 0.6 is 11.6 Å². The molecule has 0 amide bonds. The first kappa shape index (κ1) is 13.8. The highest BCUT2D eigenvalue weighted by atomic mass is 35.5. The molecule has 0 aliphatic heterocycles. The standard InChI is InChI=1S/C16H13ClN2O2/c17-15-6-3-11(16-14(15)2-1-7-18-16)10-21-13-5-4-12(9-20)19-8-13/h1-8,20H,9-10H2. The minimum absolute atomic E-state index is 0.0774. The smallest absolute Gasteiger partial charge is 0.138 e. The summed E-state index contributed by atoms with van der Waals surface area (Å²) in [6.07, 6.45) is 3.33. The molecule has 0 saturated carbocycles. The lowest BCUT2D eigenvalue weighted by Crippen LogP contribution is -1.99. The van der Waals surface area contributed by atoms with Crippen LogP contribution in [0.5, 0.6) is 5.75 Å². The lowest BCUT2D eigenvalue weighted by Gasteiger charge is -2.09. The molecule has 0 aliphatic carbocycles. The van der Waals surface area contributed by atoms with E-state index < -0.39 is 0 Å². The van der Waals surface area contributed by atoms with Gasteiger partial charge in [-0.2, -0.15) is 0 Å². The number of hydrogen-bond acceptors (Lipinski definition) is 4. The van der Waals surface area contributed by atoms with E-state index in [-0.39, 0.29) is 6.61 Å². The molecule has 106 valence electrons. The van der Waals surface area contributed by atoms with Crippen molar-refractivity contribution in [2.24, 2.45) is 0 Å². The monoisotopic (exact) mass is 300 g/mol. The molecular weight excluding hydrogens is 288 g/mol. The van der Waals surface area contributed by atoms with Gasteiger partial charge in [0, 0.05) is 22.2 Å². The van der Waals surface area contributed by atoms with Crippen LogP contribution in [0, 0.1) is 0 Å². The van der Waals surface area contributed by atoms with Crippen molar-refractivity contribution in [3.63, 3.8) is 0 Å². The maximum atomic E-state index is 8.96. The van der Waals surface area contributed by atoms with Crippen LogP contribution in [0.1, 0.15) is 11.3 Å². The summed E-state index contributed by atoms with van der Waals surface area (Å²) < 4.78 is 5.71. The first-order valence-corrected chi connectivity index (χ1v) is 6.86. The van der Waals surface area contributed by atoms with Gasteiger partial charge in [0.05, 0.1) is 24.0 Å². The number of halogens is 1. The predicted molar refractivity (Wildman–Crippen MR) is 81.2 cm³/mol. The largest absolute Gasteiger partial charge is 0.487 e. The highest BCUT2D eigenvalue weighted by molar-refractivity contribution is 6.35. The fourth-order valence-electron chi connectivity index (χ4n) is 2.06. The zero-order valence-electron chi connectivity index (χ0n) is 11.2. The van der Waals surface area contributed by atoms with Gasteiger partial charge in [0.1, 0.15) is 12.4 Å². The summed E-state index contributed by atoms with van der Waals surface area (Å²) in [4.78, 5) is 8.44. The minimum Gasteiger partial charge on any atom is -0.487 e. The van der Waals surface area contributed by atoms with Crippen molar-refractivity contribution in [1.82, 2.24) is 9.97 Å². The SMILES string of the molecule is OCc1ccc(OCc2ccc(Cl)c3cccnc23)cn1. The van der Waals surface area contributed by atoms with Crippen LogP contribution in [0.3, 0.4) is 0 Å². The molecule has 4 nitrogen and oxygen atoms in total. The van der Waals surface area contributed by atoms with Crippen molar-refractivity contribution < 1.29 is 9.84 Å². The quantitative estimate of drug-likeness (QED) is 0.803. The van der Waals surface area contributed by atoms with Gasteiger partial charge in [-0.15, -0.1) is 0 Å². The molecule has 0 bridgehead atoms. The number of aliphatic hydroxyl groups excluding tert-OH is 1. The second-order valence-electron chi connectivity index (χ2n) is 4.54. The number of aliphatic hydroxyl groups is 1. The Morgan fingerprint density at radius 2 is 2.00 bits per heavy atom. The second-order valence-corrected chi connectivity index (χ2v) is 4.95. The average molecular weight is 301 g/mol. The molecule has 0 spiro atoms. The molecule has 0 saturated heterocycles. The van der Waals surface area contributed by atoms with Crippen molar-refractivity contribution in [2.75, 3.05) is 0 Å². The Morgan fingerprint density at radius 1 is 1.10 bits per heavy atom. The number of hydrogen-bond donors (Lipinski definition) is 1. The van der Waals surface area contributed by atoms with E-state index in [9.17, 15) is 0 Å². The molecule has 2 heterocycles. The summed E-state index contributed by atoms with van der Waals surface area (Å²) in [5, 5.41) is 10.5. The molecule has 0 aliphatic rings. The summed E-state index contributed by atoms with van der Waals surface area (Å²) in [7, 11) is 0. The molecular formula is C16H13ClN2O2. The second kappa shape index (κ2) is 6.08. The number of pyridine rings is 2. The Morgan fingerprint density at radius 3 is 2.76 bits per heavy atom. The van der Waals surface area contributed by atoms with Gasteiger partial charge in [-0.3, -0.25) is 9.97 Å². The zero-order chi connectivity index (χ0) is 14.7. The molecule has 0 atom stereocenters. The van der Waals surface area contributed by atoms with Gasteiger partial charge in [-0.25, -0.2) is 0 Å². The van der Waals surface area contributed by atoms with Crippen LogP contribution in [0.2, 0.25) is 5.02 Å². The summed E-state index contributed by atoms with van der Waals surface area (Å²) >= 11 is 6.17. The molecule has 1 N–H and O–H groups in total. The molecule has 21 heavy (non-hydrogen) atoms. The topological polar surface area (TPSA) is 55.2 Å². The lowest BCUT2D eigenvalue weighted by molar-refractivity contribution is 0.275. The molecule has 1 aromatic carbocycles. The summed E-state index contributed by atoms with van der Waals surface area (Å²) in [5.74, 6) is 0.645. The maximum Gasteiger partial charge on any atom is 0.138 e. The van der Waals surface area contributed by atoms with Gasteiger partial charge in [0.2, 0.25) is 0 Å². The summed E-state index contributed by atoms with van der Waals surface area (Å²) in [5.41, 5.74) is 2.41. The third-order valence-electron chi connectivity index (χ3n) is 3.15. The van der Waals surface area contributed by atoms with E-state index in [1.54, 1.807) is 24.5 Å². The normalized spacial score (nSPS) is 10.8. The molecule has 2 aromatic heterocycles. The van der Waals surface area contributed by atoms with Crippen molar-refractivity contribution >= 4 is 22.5 Å². The third kappa shape index (κ3) is 2.96. The molecule has 3 aromatic rings. The van der Waals surface area contributed by atoms with Gasteiger partial charge in [-0.1, -0.05) is 17.7 Å². The maximum absolute atomic E-state index is 8.96. The third-order valence-corrected chi connectivity index (χ3v) is 3.48. The average Bonchev–Trinajstić information content (AvgIpc) is 2.55. The zero-order valence-corrected chi connectivity index (χ0v) is 11.9. The first-order valence-electron chi connectivity index (χ1n) is 6.48. The molecule has 0 unspecified atom stereocenters. The highest BCUT2D eigenvalue weighted by Crippen LogP contribution is 2.25. The van der Waals surface area contributed by atoms with E-state index in [1.165, 1.54) is 0 Å². The number of aromatic nitrogens is 2. The van der Waals surface area contributed by atoms with Crippen LogP contribution < -0.4 is 4.74 Å². The molecule has 0 fully saturated rings. The summed E-state index contributed by atoms with van der Waals surface area (Å²) in [6.45, 7) is 0.302. The first-order chi connectivity index (χ1) is 10.3. The predicted octanol–water partition coefficient (Wildman–Crippen LogP) is 3.35. The number of benzene rings is 1. The van der Waals surface area contributed by atoms with E-state index in [0.29, 0.717) is 23.1 Å². The van der Waals surface area contributed by atoms with Crippen molar-refractivity contribution in [1.29, 1.82) is 0 Å². The lowest BCUT2D eigenvalue weighted by atomic mass is 10.1. The van der Waals surface area contributed by atoms with Crippen molar-refractivity contribution in [3.05, 3.63) is 65.1 Å². The molecule has 5 heteroatoms. The van der Waals surface area contributed by atoms with Crippen LogP contribution in [-0.2, 0) is 13.2 Å². The van der Waals surface area contributed by atoms with Crippen molar-refractivity contribution in [3.8, 4) is 5.75 Å². The van der Waals surface area contributed by atoms with Gasteiger partial charge in [0.25, 0.3) is 0 Å². The van der Waals surface area contributed by atoms with Gasteiger partial charge < -0.3 is 9.84 Å². The van der Waals surface area contributed by atoms with Crippen LogP contribution in [0.15, 0.2) is 48.8 Å². The van der Waals surface area contributed by atoms with Gasteiger partial charge in [-0.05, 0) is 30.3 Å². The highest BCUT2D eigenvalue weighted by Gasteiger charge is 2.06. The van der Waals surface area contributed by atoms with E-state index >= 15 is 0 Å². The Hall–Kier alpha value is -2.17. The van der Waals surface area contributed by atoms with E-state index in [2.05, 4.69) is 9.97 Å². The number of ether oxygens (including phenoxy) is 1. The number of rotatable bonds is 4. The van der Waals surface area contributed by atoms with E-state index in [1.807, 2.05) is 24.3 Å². The Kier molecular flexibility index (Phi) is 3.99. The van der Waals surface area contributed by atoms with Crippen LogP contribution in [-0.4, -0.2) is 15.1 Å². The Labute approximate surface area is 127 Å². The Balaban J connectivity index is 1.83. The molecule has 3 rings (SSSR count). The van der Waals surface area contributed by atoms with Crippen molar-refractivity contribution in [2.45, 2.75) is 13.2 Å². The van der Waals surface area contributed by atoms with Gasteiger partial charge >= 0.3 is 0 Å². The van der Waals surface area contributed by atoms with E-state index in [4.69, 9.17) is 21.4 Å². The number of fused-ring (bicyclic) bond motifs is 1.